The van der Waals surface area contributed by atoms with Crippen LogP contribution in [0, 0.1) is 22.7 Å². The van der Waals surface area contributed by atoms with Crippen LogP contribution in [0.2, 0.25) is 0 Å². The average Bonchev–Trinajstić information content (AvgIpc) is 2.94. The summed E-state index contributed by atoms with van der Waals surface area (Å²) < 4.78 is 0. The van der Waals surface area contributed by atoms with Crippen molar-refractivity contribution < 1.29 is 0 Å². The van der Waals surface area contributed by atoms with Gasteiger partial charge in [-0.2, -0.15) is 10.2 Å². The summed E-state index contributed by atoms with van der Waals surface area (Å²) in [6.07, 6.45) is 17.9. The Morgan fingerprint density at radius 3 is 1.38 bits per heavy atom. The molecule has 0 bridgehead atoms. The molecule has 10 nitrogen and oxygen atoms in total. The zero-order valence-electron chi connectivity index (χ0n) is 24.9. The topological polar surface area (TPSA) is 155 Å². The van der Waals surface area contributed by atoms with Crippen molar-refractivity contribution >= 4 is 23.3 Å². The van der Waals surface area contributed by atoms with Gasteiger partial charge in [0.1, 0.15) is 0 Å². The van der Waals surface area contributed by atoms with Gasteiger partial charge in [0.05, 0.1) is 0 Å². The fourth-order valence-corrected chi connectivity index (χ4v) is 5.43. The molecule has 0 amide bonds. The third-order valence-electron chi connectivity index (χ3n) is 8.08. The molecule has 0 aromatic heterocycles. The lowest BCUT2D eigenvalue weighted by Gasteiger charge is -2.32. The quantitative estimate of drug-likeness (QED) is 0.0956. The molecule has 2 heterocycles. The standard InChI is InChI=1S/C29H58N10/c1-3-5-7-9-18-34-26(30)28(32)36-38-20-14-24(15-21-38)12-11-13-25-16-22-39(23-17-25)37-29(33)27(31)35-19-10-8-6-4-2/h24-25H,3-23H2,1-2H3,(H2,30,34)(H2,31,35)(H2,32,36)(H2,33,37). The lowest BCUT2D eigenvalue weighted by Crippen LogP contribution is -2.40. The predicted octanol–water partition coefficient (Wildman–Crippen LogP) is 4.42. The number of hydrazone groups is 2. The van der Waals surface area contributed by atoms with Gasteiger partial charge in [-0.3, -0.25) is 20.8 Å². The summed E-state index contributed by atoms with van der Waals surface area (Å²) in [6, 6.07) is 0. The number of nitrogens with zero attached hydrogens (tertiary/aromatic N) is 4. The van der Waals surface area contributed by atoms with Crippen molar-refractivity contribution in [1.82, 2.24) is 20.7 Å². The molecule has 2 aliphatic rings. The second-order valence-electron chi connectivity index (χ2n) is 11.4. The number of rotatable bonds is 16. The second-order valence-corrected chi connectivity index (χ2v) is 11.4. The summed E-state index contributed by atoms with van der Waals surface area (Å²) >= 11 is 0. The van der Waals surface area contributed by atoms with E-state index in [0.717, 1.165) is 89.6 Å². The maximum absolute atomic E-state index is 8.11. The van der Waals surface area contributed by atoms with Crippen LogP contribution in [0.1, 0.15) is 110 Å². The SMILES string of the molecule is CCCCCCNC(=N)C(N)=NN1CCC(CCCC2CCN(N=C(N)C(=N)NCCCCCC)CC2)CC1. The number of hydrogen-bond donors (Lipinski definition) is 6. The van der Waals surface area contributed by atoms with E-state index in [1.54, 1.807) is 0 Å². The third kappa shape index (κ3) is 13.9. The Kier molecular flexibility index (Phi) is 16.4. The van der Waals surface area contributed by atoms with Crippen molar-refractivity contribution in [2.75, 3.05) is 39.3 Å². The van der Waals surface area contributed by atoms with Crippen molar-refractivity contribution in [3.05, 3.63) is 0 Å². The summed E-state index contributed by atoms with van der Waals surface area (Å²) in [5.74, 6) is 2.63. The number of nitrogens with one attached hydrogen (secondary N) is 4. The van der Waals surface area contributed by atoms with E-state index in [1.807, 2.05) is 10.0 Å². The molecule has 10 heteroatoms. The van der Waals surface area contributed by atoms with E-state index >= 15 is 0 Å². The minimum Gasteiger partial charge on any atom is -0.379 e. The van der Waals surface area contributed by atoms with Gasteiger partial charge in [0.25, 0.3) is 0 Å². The van der Waals surface area contributed by atoms with Crippen molar-refractivity contribution in [2.24, 2.45) is 33.5 Å². The second kappa shape index (κ2) is 19.5. The molecule has 2 rings (SSSR count). The van der Waals surface area contributed by atoms with Gasteiger partial charge in [-0.1, -0.05) is 71.6 Å². The number of hydrogen-bond acceptors (Lipinski definition) is 6. The Morgan fingerprint density at radius 1 is 0.641 bits per heavy atom. The largest absolute Gasteiger partial charge is 0.379 e. The van der Waals surface area contributed by atoms with E-state index in [4.69, 9.17) is 22.3 Å². The highest BCUT2D eigenvalue weighted by Gasteiger charge is 2.22. The summed E-state index contributed by atoms with van der Waals surface area (Å²) in [4.78, 5) is 0. The molecule has 2 aliphatic heterocycles. The molecule has 39 heavy (non-hydrogen) atoms. The van der Waals surface area contributed by atoms with Crippen LogP contribution in [0.4, 0.5) is 0 Å². The molecule has 0 spiro atoms. The molecule has 0 aliphatic carbocycles. The maximum Gasteiger partial charge on any atom is 0.185 e. The first-order valence-corrected chi connectivity index (χ1v) is 15.8. The van der Waals surface area contributed by atoms with Crippen LogP contribution in [0.15, 0.2) is 10.2 Å². The van der Waals surface area contributed by atoms with E-state index in [-0.39, 0.29) is 11.7 Å². The van der Waals surface area contributed by atoms with Gasteiger partial charge < -0.3 is 22.1 Å². The third-order valence-corrected chi connectivity index (χ3v) is 8.08. The first-order valence-electron chi connectivity index (χ1n) is 15.8. The molecule has 2 saturated heterocycles. The lowest BCUT2D eigenvalue weighted by molar-refractivity contribution is 0.168. The average molecular weight is 547 g/mol. The Hall–Kier alpha value is -2.52. The van der Waals surface area contributed by atoms with Crippen molar-refractivity contribution in [1.29, 1.82) is 10.8 Å². The number of unbranched alkanes of at least 4 members (excludes halogenated alkanes) is 6. The van der Waals surface area contributed by atoms with Crippen molar-refractivity contribution in [2.45, 2.75) is 110 Å². The molecule has 0 aromatic rings. The Labute approximate surface area is 237 Å². The molecule has 0 radical (unpaired) electrons. The number of amidine groups is 4. The molecule has 0 aromatic carbocycles. The van der Waals surface area contributed by atoms with E-state index in [9.17, 15) is 0 Å². The van der Waals surface area contributed by atoms with Crippen LogP contribution >= 0.6 is 0 Å². The van der Waals surface area contributed by atoms with Crippen LogP contribution in [0.5, 0.6) is 0 Å². The molecular formula is C29H58N10. The minimum absolute atomic E-state index is 0.251. The van der Waals surface area contributed by atoms with Gasteiger partial charge in [0, 0.05) is 39.3 Å². The summed E-state index contributed by atoms with van der Waals surface area (Å²) in [5, 5.41) is 35.5. The fourth-order valence-electron chi connectivity index (χ4n) is 5.43. The summed E-state index contributed by atoms with van der Waals surface area (Å²) in [5.41, 5.74) is 12.1. The predicted molar refractivity (Wildman–Crippen MR) is 165 cm³/mol. The van der Waals surface area contributed by atoms with E-state index < -0.39 is 0 Å². The van der Waals surface area contributed by atoms with Crippen LogP contribution in [-0.2, 0) is 0 Å². The Morgan fingerprint density at radius 2 is 1.03 bits per heavy atom. The highest BCUT2D eigenvalue weighted by molar-refractivity contribution is 6.38. The van der Waals surface area contributed by atoms with Gasteiger partial charge in [-0.25, -0.2) is 0 Å². The highest BCUT2D eigenvalue weighted by Crippen LogP contribution is 2.27. The van der Waals surface area contributed by atoms with Gasteiger partial charge in [0.15, 0.2) is 23.3 Å². The molecule has 224 valence electrons. The first kappa shape index (κ1) is 32.7. The Balaban J connectivity index is 1.55. The molecule has 2 fully saturated rings. The molecule has 0 saturated carbocycles. The molecular weight excluding hydrogens is 488 g/mol. The van der Waals surface area contributed by atoms with Crippen LogP contribution < -0.4 is 22.1 Å². The van der Waals surface area contributed by atoms with E-state index in [0.29, 0.717) is 11.7 Å². The van der Waals surface area contributed by atoms with E-state index in [1.165, 1.54) is 57.8 Å². The summed E-state index contributed by atoms with van der Waals surface area (Å²) in [7, 11) is 0. The summed E-state index contributed by atoms with van der Waals surface area (Å²) in [6.45, 7) is 9.69. The molecule has 0 atom stereocenters. The zero-order valence-corrected chi connectivity index (χ0v) is 24.9. The normalized spacial score (nSPS) is 17.9. The van der Waals surface area contributed by atoms with Crippen molar-refractivity contribution in [3.8, 4) is 0 Å². The number of piperidine rings is 2. The van der Waals surface area contributed by atoms with Crippen molar-refractivity contribution in [3.63, 3.8) is 0 Å². The Bertz CT molecular complexity index is 687. The number of nitrogens with two attached hydrogens (primary N) is 2. The zero-order chi connectivity index (χ0) is 28.3. The lowest BCUT2D eigenvalue weighted by atomic mass is 9.87. The van der Waals surface area contributed by atoms with Gasteiger partial charge in [-0.05, 0) is 50.4 Å². The van der Waals surface area contributed by atoms with Gasteiger partial charge >= 0.3 is 0 Å². The smallest absolute Gasteiger partial charge is 0.185 e. The van der Waals surface area contributed by atoms with Gasteiger partial charge in [0.2, 0.25) is 0 Å². The fraction of sp³-hybridized carbons (Fsp3) is 0.862. The molecule has 0 unspecified atom stereocenters. The monoisotopic (exact) mass is 546 g/mol. The van der Waals surface area contributed by atoms with Crippen LogP contribution in [0.25, 0.3) is 0 Å². The maximum atomic E-state index is 8.11. The minimum atomic E-state index is 0.251. The van der Waals surface area contributed by atoms with Crippen LogP contribution in [0.3, 0.4) is 0 Å². The van der Waals surface area contributed by atoms with E-state index in [2.05, 4.69) is 34.7 Å². The first-order chi connectivity index (χ1) is 18.9. The van der Waals surface area contributed by atoms with Crippen LogP contribution in [-0.4, -0.2) is 72.6 Å². The molecule has 8 N–H and O–H groups in total. The highest BCUT2D eigenvalue weighted by atomic mass is 15.5. The van der Waals surface area contributed by atoms with Gasteiger partial charge in [-0.15, -0.1) is 0 Å².